The number of fused-ring (bicyclic) bond motifs is 1. The van der Waals surface area contributed by atoms with Crippen LogP contribution in [0.4, 0.5) is 5.69 Å². The van der Waals surface area contributed by atoms with Crippen LogP contribution in [0.5, 0.6) is 0 Å². The molecule has 0 spiro atoms. The molecule has 3 rings (SSSR count). The van der Waals surface area contributed by atoms with Gasteiger partial charge in [-0.25, -0.2) is 4.90 Å². The minimum Gasteiger partial charge on any atom is -0.352 e. The van der Waals surface area contributed by atoms with Gasteiger partial charge in [0.1, 0.15) is 0 Å². The Morgan fingerprint density at radius 1 is 1.00 bits per heavy atom. The van der Waals surface area contributed by atoms with E-state index in [0.717, 1.165) is 16.0 Å². The standard InChI is InChI=1S/C24H27N3O4/c1-6-26(13-21(28)25-14(2)3)22(29)17-9-10-18-19(12-17)24(31)27(23(18)30)20-11-15(4)7-8-16(20)5/h7-12,14H,6,13H2,1-5H3,(H,25,28). The van der Waals surface area contributed by atoms with Gasteiger partial charge in [-0.05, 0) is 70.0 Å². The normalized spacial score (nSPS) is 12.9. The molecule has 0 bridgehead atoms. The average molecular weight is 421 g/mol. The smallest absolute Gasteiger partial charge is 0.266 e. The summed E-state index contributed by atoms with van der Waals surface area (Å²) in [6, 6.07) is 10.0. The first-order valence-corrected chi connectivity index (χ1v) is 10.3. The first-order valence-electron chi connectivity index (χ1n) is 10.3. The minimum absolute atomic E-state index is 0.0269. The Bertz CT molecular complexity index is 1070. The molecule has 0 saturated heterocycles. The number of imide groups is 1. The lowest BCUT2D eigenvalue weighted by Gasteiger charge is -2.21. The maximum Gasteiger partial charge on any atom is 0.266 e. The van der Waals surface area contributed by atoms with Crippen molar-refractivity contribution >= 4 is 29.3 Å². The van der Waals surface area contributed by atoms with Crippen LogP contribution in [0.25, 0.3) is 0 Å². The molecular formula is C24H27N3O4. The quantitative estimate of drug-likeness (QED) is 0.726. The SMILES string of the molecule is CCN(CC(=O)NC(C)C)C(=O)c1ccc2c(c1)C(=O)N(c1cc(C)ccc1C)C2=O. The predicted molar refractivity (Wildman–Crippen MR) is 118 cm³/mol. The number of anilines is 1. The van der Waals surface area contributed by atoms with Gasteiger partial charge in [0.15, 0.2) is 0 Å². The second-order valence-corrected chi connectivity index (χ2v) is 8.04. The lowest BCUT2D eigenvalue weighted by Crippen LogP contribution is -2.42. The number of nitrogens with zero attached hydrogens (tertiary/aromatic N) is 2. The van der Waals surface area contributed by atoms with Crippen molar-refractivity contribution in [1.29, 1.82) is 0 Å². The zero-order valence-corrected chi connectivity index (χ0v) is 18.5. The first kappa shape index (κ1) is 22.2. The molecule has 162 valence electrons. The first-order chi connectivity index (χ1) is 14.6. The fourth-order valence-corrected chi connectivity index (χ4v) is 3.60. The highest BCUT2D eigenvalue weighted by atomic mass is 16.2. The molecule has 1 aliphatic heterocycles. The molecule has 0 aromatic heterocycles. The Morgan fingerprint density at radius 3 is 2.32 bits per heavy atom. The lowest BCUT2D eigenvalue weighted by molar-refractivity contribution is -0.122. The number of rotatable bonds is 6. The summed E-state index contributed by atoms with van der Waals surface area (Å²) in [6.07, 6.45) is 0. The molecule has 0 fully saturated rings. The van der Waals surface area contributed by atoms with Crippen molar-refractivity contribution in [3.63, 3.8) is 0 Å². The fraction of sp³-hybridized carbons (Fsp3) is 0.333. The van der Waals surface area contributed by atoms with E-state index in [4.69, 9.17) is 0 Å². The second-order valence-electron chi connectivity index (χ2n) is 8.04. The van der Waals surface area contributed by atoms with Crippen LogP contribution in [0.3, 0.4) is 0 Å². The topological polar surface area (TPSA) is 86.8 Å². The van der Waals surface area contributed by atoms with E-state index in [-0.39, 0.29) is 41.1 Å². The molecule has 2 aromatic carbocycles. The fourth-order valence-electron chi connectivity index (χ4n) is 3.60. The summed E-state index contributed by atoms with van der Waals surface area (Å²) in [5.41, 5.74) is 3.01. The van der Waals surface area contributed by atoms with Crippen LogP contribution in [0.15, 0.2) is 36.4 Å². The van der Waals surface area contributed by atoms with Crippen molar-refractivity contribution in [2.24, 2.45) is 0 Å². The third-order valence-corrected chi connectivity index (χ3v) is 5.19. The molecule has 1 N–H and O–H groups in total. The third-order valence-electron chi connectivity index (χ3n) is 5.19. The molecule has 7 heteroatoms. The third kappa shape index (κ3) is 4.35. The molecule has 1 aliphatic rings. The van der Waals surface area contributed by atoms with Crippen LogP contribution < -0.4 is 10.2 Å². The molecular weight excluding hydrogens is 394 g/mol. The van der Waals surface area contributed by atoms with E-state index in [1.165, 1.54) is 23.1 Å². The summed E-state index contributed by atoms with van der Waals surface area (Å²) in [5.74, 6) is -1.48. The summed E-state index contributed by atoms with van der Waals surface area (Å²) >= 11 is 0. The molecule has 2 aromatic rings. The van der Waals surface area contributed by atoms with Gasteiger partial charge in [-0.15, -0.1) is 0 Å². The predicted octanol–water partition coefficient (Wildman–Crippen LogP) is 3.09. The number of hydrogen-bond donors (Lipinski definition) is 1. The van der Waals surface area contributed by atoms with Crippen LogP contribution in [0, 0.1) is 13.8 Å². The van der Waals surface area contributed by atoms with Crippen molar-refractivity contribution in [1.82, 2.24) is 10.2 Å². The van der Waals surface area contributed by atoms with Gasteiger partial charge in [0.25, 0.3) is 17.7 Å². The molecule has 0 saturated carbocycles. The van der Waals surface area contributed by atoms with E-state index in [0.29, 0.717) is 12.2 Å². The van der Waals surface area contributed by atoms with Gasteiger partial charge in [-0.3, -0.25) is 19.2 Å². The van der Waals surface area contributed by atoms with Crippen LogP contribution in [-0.4, -0.2) is 47.7 Å². The van der Waals surface area contributed by atoms with E-state index in [1.807, 2.05) is 39.8 Å². The molecule has 0 radical (unpaired) electrons. The van der Waals surface area contributed by atoms with E-state index >= 15 is 0 Å². The van der Waals surface area contributed by atoms with Crippen molar-refractivity contribution in [2.45, 2.75) is 40.7 Å². The van der Waals surface area contributed by atoms with Gasteiger partial charge >= 0.3 is 0 Å². The van der Waals surface area contributed by atoms with Crippen LogP contribution in [0.2, 0.25) is 0 Å². The average Bonchev–Trinajstić information content (AvgIpc) is 2.96. The molecule has 31 heavy (non-hydrogen) atoms. The number of aryl methyl sites for hydroxylation is 2. The number of hydrogen-bond acceptors (Lipinski definition) is 4. The Balaban J connectivity index is 1.90. The monoisotopic (exact) mass is 421 g/mol. The van der Waals surface area contributed by atoms with Gasteiger partial charge < -0.3 is 10.2 Å². The van der Waals surface area contributed by atoms with Crippen molar-refractivity contribution in [3.8, 4) is 0 Å². The Hall–Kier alpha value is -3.48. The molecule has 0 unspecified atom stereocenters. The number of amides is 4. The number of carbonyl (C=O) groups is 4. The van der Waals surface area contributed by atoms with Crippen molar-refractivity contribution in [3.05, 3.63) is 64.2 Å². The molecule has 4 amide bonds. The van der Waals surface area contributed by atoms with E-state index in [1.54, 1.807) is 13.0 Å². The molecule has 0 aliphatic carbocycles. The number of benzene rings is 2. The van der Waals surface area contributed by atoms with Gasteiger partial charge in [0, 0.05) is 18.2 Å². The summed E-state index contributed by atoms with van der Waals surface area (Å²) in [6.45, 7) is 9.47. The number of likely N-dealkylation sites (N-methyl/N-ethyl adjacent to an activating group) is 1. The van der Waals surface area contributed by atoms with Crippen molar-refractivity contribution in [2.75, 3.05) is 18.0 Å². The van der Waals surface area contributed by atoms with Gasteiger partial charge in [0.05, 0.1) is 23.4 Å². The van der Waals surface area contributed by atoms with Crippen LogP contribution >= 0.6 is 0 Å². The van der Waals surface area contributed by atoms with E-state index in [2.05, 4.69) is 5.32 Å². The van der Waals surface area contributed by atoms with Crippen LogP contribution in [-0.2, 0) is 4.79 Å². The maximum absolute atomic E-state index is 13.1. The molecule has 7 nitrogen and oxygen atoms in total. The maximum atomic E-state index is 13.1. The highest BCUT2D eigenvalue weighted by molar-refractivity contribution is 6.35. The highest BCUT2D eigenvalue weighted by Crippen LogP contribution is 2.32. The molecule has 0 atom stereocenters. The zero-order chi connectivity index (χ0) is 22.9. The largest absolute Gasteiger partial charge is 0.352 e. The van der Waals surface area contributed by atoms with E-state index < -0.39 is 11.8 Å². The van der Waals surface area contributed by atoms with Gasteiger partial charge in [-0.1, -0.05) is 12.1 Å². The van der Waals surface area contributed by atoms with E-state index in [9.17, 15) is 19.2 Å². The summed E-state index contributed by atoms with van der Waals surface area (Å²) in [5, 5.41) is 2.76. The number of nitrogens with one attached hydrogen (secondary N) is 1. The van der Waals surface area contributed by atoms with Gasteiger partial charge in [-0.2, -0.15) is 0 Å². The highest BCUT2D eigenvalue weighted by Gasteiger charge is 2.38. The molecule has 1 heterocycles. The minimum atomic E-state index is -0.455. The Labute approximate surface area is 182 Å². The Kier molecular flexibility index (Phi) is 6.24. The lowest BCUT2D eigenvalue weighted by atomic mass is 10.0. The summed E-state index contributed by atoms with van der Waals surface area (Å²) in [7, 11) is 0. The summed E-state index contributed by atoms with van der Waals surface area (Å²) in [4.78, 5) is 53.7. The number of carbonyl (C=O) groups excluding carboxylic acids is 4. The van der Waals surface area contributed by atoms with Crippen molar-refractivity contribution < 1.29 is 19.2 Å². The zero-order valence-electron chi connectivity index (χ0n) is 18.5. The summed E-state index contributed by atoms with van der Waals surface area (Å²) < 4.78 is 0. The van der Waals surface area contributed by atoms with Crippen LogP contribution in [0.1, 0.15) is 63.0 Å². The van der Waals surface area contributed by atoms with Gasteiger partial charge in [0.2, 0.25) is 5.91 Å². The second kappa shape index (κ2) is 8.71. The Morgan fingerprint density at radius 2 is 1.68 bits per heavy atom.